The SMILES string of the molecule is Cc1ccc(-n2ccnc(SCC(=O)Nc3ccc(Br)cc3)c2=O)cc1. The summed E-state index contributed by atoms with van der Waals surface area (Å²) >= 11 is 4.47. The Morgan fingerprint density at radius 3 is 2.54 bits per heavy atom. The van der Waals surface area contributed by atoms with Crippen molar-refractivity contribution in [3.05, 3.63) is 81.3 Å². The van der Waals surface area contributed by atoms with Gasteiger partial charge in [-0.3, -0.25) is 14.2 Å². The van der Waals surface area contributed by atoms with Gasteiger partial charge >= 0.3 is 0 Å². The van der Waals surface area contributed by atoms with Crippen LogP contribution in [0, 0.1) is 6.92 Å². The zero-order chi connectivity index (χ0) is 18.5. The Labute approximate surface area is 163 Å². The van der Waals surface area contributed by atoms with Crippen LogP contribution in [0.25, 0.3) is 5.69 Å². The van der Waals surface area contributed by atoms with Gasteiger partial charge in [0.05, 0.1) is 5.75 Å². The maximum absolute atomic E-state index is 12.6. The minimum Gasteiger partial charge on any atom is -0.325 e. The smallest absolute Gasteiger partial charge is 0.287 e. The molecule has 1 N–H and O–H groups in total. The number of hydrogen-bond acceptors (Lipinski definition) is 4. The normalized spacial score (nSPS) is 10.5. The Morgan fingerprint density at radius 2 is 1.85 bits per heavy atom. The van der Waals surface area contributed by atoms with Gasteiger partial charge in [0.2, 0.25) is 5.91 Å². The first-order valence-electron chi connectivity index (χ1n) is 7.86. The van der Waals surface area contributed by atoms with Crippen LogP contribution in [0.1, 0.15) is 5.56 Å². The molecule has 0 atom stereocenters. The Bertz CT molecular complexity index is 969. The number of halogens is 1. The molecule has 0 fully saturated rings. The van der Waals surface area contributed by atoms with E-state index in [1.807, 2.05) is 43.3 Å². The molecule has 3 aromatic rings. The van der Waals surface area contributed by atoms with Crippen LogP contribution in [0.4, 0.5) is 5.69 Å². The molecule has 1 heterocycles. The number of anilines is 1. The van der Waals surface area contributed by atoms with Crippen LogP contribution >= 0.6 is 27.7 Å². The summed E-state index contributed by atoms with van der Waals surface area (Å²) in [5, 5.41) is 3.08. The predicted octanol–water partition coefficient (Wildman–Crippen LogP) is 4.03. The van der Waals surface area contributed by atoms with Gasteiger partial charge in [0, 0.05) is 28.2 Å². The van der Waals surface area contributed by atoms with E-state index in [0.29, 0.717) is 10.7 Å². The summed E-state index contributed by atoms with van der Waals surface area (Å²) in [6.45, 7) is 1.99. The number of aromatic nitrogens is 2. The van der Waals surface area contributed by atoms with Gasteiger partial charge in [-0.1, -0.05) is 45.4 Å². The van der Waals surface area contributed by atoms with Crippen molar-refractivity contribution in [3.63, 3.8) is 0 Å². The van der Waals surface area contributed by atoms with E-state index in [1.165, 1.54) is 4.57 Å². The molecule has 0 spiro atoms. The number of rotatable bonds is 5. The van der Waals surface area contributed by atoms with E-state index in [1.54, 1.807) is 24.5 Å². The number of hydrogen-bond donors (Lipinski definition) is 1. The summed E-state index contributed by atoms with van der Waals surface area (Å²) in [6, 6.07) is 15.0. The summed E-state index contributed by atoms with van der Waals surface area (Å²) in [5.74, 6) is -0.0831. The van der Waals surface area contributed by atoms with E-state index in [-0.39, 0.29) is 17.2 Å². The summed E-state index contributed by atoms with van der Waals surface area (Å²) in [7, 11) is 0. The van der Waals surface area contributed by atoms with E-state index in [0.717, 1.165) is 27.5 Å². The van der Waals surface area contributed by atoms with E-state index < -0.39 is 0 Å². The van der Waals surface area contributed by atoms with Gasteiger partial charge in [-0.15, -0.1) is 0 Å². The van der Waals surface area contributed by atoms with Crippen molar-refractivity contribution in [2.24, 2.45) is 0 Å². The highest BCUT2D eigenvalue weighted by Crippen LogP contribution is 2.16. The molecule has 0 aliphatic rings. The second-order valence-electron chi connectivity index (χ2n) is 5.59. The zero-order valence-electron chi connectivity index (χ0n) is 14.0. The first kappa shape index (κ1) is 18.4. The molecule has 5 nitrogen and oxygen atoms in total. The molecule has 0 radical (unpaired) electrons. The molecule has 132 valence electrons. The van der Waals surface area contributed by atoms with Gasteiger partial charge in [-0.25, -0.2) is 4.98 Å². The first-order valence-corrected chi connectivity index (χ1v) is 9.64. The van der Waals surface area contributed by atoms with E-state index >= 15 is 0 Å². The molecular formula is C19H16BrN3O2S. The predicted molar refractivity (Wildman–Crippen MR) is 108 cm³/mol. The third-order valence-electron chi connectivity index (χ3n) is 3.59. The van der Waals surface area contributed by atoms with E-state index in [9.17, 15) is 9.59 Å². The molecule has 0 aliphatic heterocycles. The third kappa shape index (κ3) is 4.62. The quantitative estimate of drug-likeness (QED) is 0.621. The van der Waals surface area contributed by atoms with Crippen LogP contribution in [-0.2, 0) is 4.79 Å². The fourth-order valence-electron chi connectivity index (χ4n) is 2.27. The van der Waals surface area contributed by atoms with Gasteiger partial charge < -0.3 is 5.32 Å². The lowest BCUT2D eigenvalue weighted by atomic mass is 10.2. The molecule has 1 amide bonds. The number of benzene rings is 2. The van der Waals surface area contributed by atoms with Crippen molar-refractivity contribution in [2.45, 2.75) is 11.9 Å². The number of aryl methyl sites for hydroxylation is 1. The van der Waals surface area contributed by atoms with Crippen LogP contribution in [0.3, 0.4) is 0 Å². The van der Waals surface area contributed by atoms with Gasteiger partial charge in [-0.05, 0) is 43.3 Å². The Morgan fingerprint density at radius 1 is 1.15 bits per heavy atom. The zero-order valence-corrected chi connectivity index (χ0v) is 16.4. The molecule has 0 saturated carbocycles. The van der Waals surface area contributed by atoms with Crippen molar-refractivity contribution >= 4 is 39.3 Å². The maximum Gasteiger partial charge on any atom is 0.287 e. The third-order valence-corrected chi connectivity index (χ3v) is 5.08. The summed E-state index contributed by atoms with van der Waals surface area (Å²) in [4.78, 5) is 28.8. The number of thioether (sulfide) groups is 1. The molecule has 0 saturated heterocycles. The van der Waals surface area contributed by atoms with Gasteiger partial charge in [-0.2, -0.15) is 0 Å². The monoisotopic (exact) mass is 429 g/mol. The van der Waals surface area contributed by atoms with Crippen LogP contribution in [0.2, 0.25) is 0 Å². The lowest BCUT2D eigenvalue weighted by Crippen LogP contribution is -2.22. The van der Waals surface area contributed by atoms with Crippen LogP contribution in [0.15, 0.2) is 75.2 Å². The van der Waals surface area contributed by atoms with Crippen molar-refractivity contribution in [3.8, 4) is 5.69 Å². The molecule has 0 bridgehead atoms. The molecule has 7 heteroatoms. The van der Waals surface area contributed by atoms with Crippen LogP contribution in [-0.4, -0.2) is 21.2 Å². The summed E-state index contributed by atoms with van der Waals surface area (Å²) < 4.78 is 2.47. The Balaban J connectivity index is 1.69. The molecule has 26 heavy (non-hydrogen) atoms. The van der Waals surface area contributed by atoms with Crippen LogP contribution < -0.4 is 10.9 Å². The molecule has 2 aromatic carbocycles. The van der Waals surface area contributed by atoms with Crippen molar-refractivity contribution in [1.82, 2.24) is 9.55 Å². The number of nitrogens with one attached hydrogen (secondary N) is 1. The standard InChI is InChI=1S/C19H16BrN3O2S/c1-13-2-8-16(9-3-13)23-11-10-21-18(19(23)25)26-12-17(24)22-15-6-4-14(20)5-7-15/h2-11H,12H2,1H3,(H,22,24). The Hall–Kier alpha value is -2.38. The largest absolute Gasteiger partial charge is 0.325 e. The van der Waals surface area contributed by atoms with Gasteiger partial charge in [0.25, 0.3) is 5.56 Å². The summed E-state index contributed by atoms with van der Waals surface area (Å²) in [5.41, 5.74) is 2.36. The van der Waals surface area contributed by atoms with Gasteiger partial charge in [0.15, 0.2) is 5.03 Å². The fraction of sp³-hybridized carbons (Fsp3) is 0.105. The highest BCUT2D eigenvalue weighted by atomic mass is 79.9. The minimum atomic E-state index is -0.238. The first-order chi connectivity index (χ1) is 12.5. The second kappa shape index (κ2) is 8.33. The number of carbonyl (C=O) groups excluding carboxylic acids is 1. The molecule has 0 aliphatic carbocycles. The average molecular weight is 430 g/mol. The fourth-order valence-corrected chi connectivity index (χ4v) is 3.23. The van der Waals surface area contributed by atoms with Gasteiger partial charge in [0.1, 0.15) is 0 Å². The number of amides is 1. The topological polar surface area (TPSA) is 64.0 Å². The number of nitrogens with zero attached hydrogens (tertiary/aromatic N) is 2. The summed E-state index contributed by atoms with van der Waals surface area (Å²) in [6.07, 6.45) is 3.19. The van der Waals surface area contributed by atoms with Crippen molar-refractivity contribution in [1.29, 1.82) is 0 Å². The van der Waals surface area contributed by atoms with E-state index in [2.05, 4.69) is 26.2 Å². The highest BCUT2D eigenvalue weighted by molar-refractivity contribution is 9.10. The lowest BCUT2D eigenvalue weighted by Gasteiger charge is -2.08. The second-order valence-corrected chi connectivity index (χ2v) is 7.47. The Kier molecular flexibility index (Phi) is 5.90. The van der Waals surface area contributed by atoms with Crippen molar-refractivity contribution in [2.75, 3.05) is 11.1 Å². The van der Waals surface area contributed by atoms with Crippen molar-refractivity contribution < 1.29 is 4.79 Å². The lowest BCUT2D eigenvalue weighted by molar-refractivity contribution is -0.113. The molecule has 1 aromatic heterocycles. The molecule has 3 rings (SSSR count). The van der Waals surface area contributed by atoms with E-state index in [4.69, 9.17) is 0 Å². The minimum absolute atomic E-state index is 0.107. The number of carbonyl (C=O) groups is 1. The van der Waals surface area contributed by atoms with Crippen LogP contribution in [0.5, 0.6) is 0 Å². The maximum atomic E-state index is 12.6. The average Bonchev–Trinajstić information content (AvgIpc) is 2.64. The highest BCUT2D eigenvalue weighted by Gasteiger charge is 2.10. The molecule has 0 unspecified atom stereocenters. The molecular weight excluding hydrogens is 414 g/mol.